The fourth-order valence-electron chi connectivity index (χ4n) is 4.10. The molecule has 0 spiro atoms. The van der Waals surface area contributed by atoms with Crippen LogP contribution < -0.4 is 20.1 Å². The van der Waals surface area contributed by atoms with E-state index in [2.05, 4.69) is 26.6 Å². The molecule has 1 heterocycles. The number of anilines is 2. The largest absolute Gasteiger partial charge is 0.493 e. The number of thioether (sulfide) groups is 1. The summed E-state index contributed by atoms with van der Waals surface area (Å²) in [6.07, 6.45) is 1.55. The van der Waals surface area contributed by atoms with Gasteiger partial charge in [-0.25, -0.2) is 0 Å². The molecule has 0 aliphatic carbocycles. The smallest absolute Gasteiger partial charge is 0.294 e. The number of methoxy groups -OCH3 is 1. The van der Waals surface area contributed by atoms with Crippen molar-refractivity contribution in [2.45, 2.75) is 27.7 Å². The second kappa shape index (κ2) is 13.3. The average Bonchev–Trinajstić information content (AvgIpc) is 3.21. The second-order valence-electron chi connectivity index (χ2n) is 9.71. The SMILES string of the molecule is COc1cc(/C=C2/SC(=O)N(CC(=O)Nc3ccc(C)c(C)c3)C2=O)ccc1OCC(=O)Nc1ccc(Br)c(C)c1C. The van der Waals surface area contributed by atoms with Crippen LogP contribution in [-0.4, -0.2) is 48.1 Å². The van der Waals surface area contributed by atoms with Gasteiger partial charge in [-0.2, -0.15) is 0 Å². The van der Waals surface area contributed by atoms with Gasteiger partial charge in [0, 0.05) is 15.8 Å². The number of nitrogens with one attached hydrogen (secondary N) is 2. The Morgan fingerprint density at radius 3 is 2.38 bits per heavy atom. The molecule has 3 aromatic carbocycles. The van der Waals surface area contributed by atoms with Crippen LogP contribution in [0.4, 0.5) is 16.2 Å². The summed E-state index contributed by atoms with van der Waals surface area (Å²) in [7, 11) is 1.46. The molecule has 1 aliphatic heterocycles. The van der Waals surface area contributed by atoms with E-state index in [1.165, 1.54) is 7.11 Å². The summed E-state index contributed by atoms with van der Waals surface area (Å²) < 4.78 is 12.1. The molecule has 0 atom stereocenters. The number of halogens is 1. The van der Waals surface area contributed by atoms with Gasteiger partial charge in [-0.15, -0.1) is 0 Å². The van der Waals surface area contributed by atoms with Crippen molar-refractivity contribution < 1.29 is 28.7 Å². The zero-order valence-electron chi connectivity index (χ0n) is 23.8. The van der Waals surface area contributed by atoms with Crippen LogP contribution in [-0.2, 0) is 14.4 Å². The van der Waals surface area contributed by atoms with Gasteiger partial charge in [0.25, 0.3) is 17.1 Å². The molecule has 11 heteroatoms. The molecule has 4 rings (SSSR count). The molecule has 2 N–H and O–H groups in total. The highest BCUT2D eigenvalue weighted by Gasteiger charge is 2.36. The lowest BCUT2D eigenvalue weighted by atomic mass is 10.1. The molecule has 9 nitrogen and oxygen atoms in total. The van der Waals surface area contributed by atoms with Crippen LogP contribution in [0.1, 0.15) is 27.8 Å². The number of carbonyl (C=O) groups excluding carboxylic acids is 4. The van der Waals surface area contributed by atoms with E-state index in [-0.39, 0.29) is 17.4 Å². The summed E-state index contributed by atoms with van der Waals surface area (Å²) in [4.78, 5) is 51.7. The summed E-state index contributed by atoms with van der Waals surface area (Å²) in [5, 5.41) is 5.05. The normalized spacial score (nSPS) is 13.9. The first-order valence-electron chi connectivity index (χ1n) is 13.0. The molecule has 0 aromatic heterocycles. The summed E-state index contributed by atoms with van der Waals surface area (Å²) in [6, 6.07) is 14.1. The number of hydrogen-bond acceptors (Lipinski definition) is 7. The maximum absolute atomic E-state index is 13.0. The van der Waals surface area contributed by atoms with Crippen LogP contribution in [0.25, 0.3) is 6.08 Å². The molecule has 0 saturated carbocycles. The number of benzene rings is 3. The molecule has 1 aliphatic rings. The number of rotatable bonds is 9. The molecule has 0 radical (unpaired) electrons. The van der Waals surface area contributed by atoms with E-state index < -0.39 is 23.6 Å². The summed E-state index contributed by atoms with van der Waals surface area (Å²) in [5.74, 6) is -0.681. The van der Waals surface area contributed by atoms with Crippen molar-refractivity contribution in [3.8, 4) is 11.5 Å². The van der Waals surface area contributed by atoms with Crippen molar-refractivity contribution in [3.63, 3.8) is 0 Å². The number of hydrogen-bond donors (Lipinski definition) is 2. The van der Waals surface area contributed by atoms with Crippen molar-refractivity contribution in [1.29, 1.82) is 0 Å². The Bertz CT molecular complexity index is 1620. The van der Waals surface area contributed by atoms with Crippen molar-refractivity contribution in [1.82, 2.24) is 4.90 Å². The monoisotopic (exact) mass is 651 g/mol. The lowest BCUT2D eigenvalue weighted by Gasteiger charge is -2.14. The predicted octanol–water partition coefficient (Wildman–Crippen LogP) is 6.38. The Morgan fingerprint density at radius 2 is 1.67 bits per heavy atom. The first-order valence-corrected chi connectivity index (χ1v) is 14.6. The molecule has 0 bridgehead atoms. The van der Waals surface area contributed by atoms with Gasteiger partial charge in [0.15, 0.2) is 18.1 Å². The molecule has 0 unspecified atom stereocenters. The van der Waals surface area contributed by atoms with Crippen molar-refractivity contribution in [3.05, 3.63) is 85.7 Å². The van der Waals surface area contributed by atoms with Crippen molar-refractivity contribution >= 4 is 68.1 Å². The molecular formula is C31H30BrN3O6S. The lowest BCUT2D eigenvalue weighted by Crippen LogP contribution is -2.36. The Hall–Kier alpha value is -4.09. The Labute approximate surface area is 256 Å². The van der Waals surface area contributed by atoms with Crippen LogP contribution >= 0.6 is 27.7 Å². The quantitative estimate of drug-likeness (QED) is 0.258. The van der Waals surface area contributed by atoms with Gasteiger partial charge in [-0.05, 0) is 110 Å². The third-order valence-electron chi connectivity index (χ3n) is 6.81. The number of amides is 4. The predicted molar refractivity (Wildman–Crippen MR) is 168 cm³/mol. The van der Waals surface area contributed by atoms with Crippen LogP contribution in [0.2, 0.25) is 0 Å². The highest BCUT2D eigenvalue weighted by molar-refractivity contribution is 9.10. The number of imide groups is 1. The van der Waals surface area contributed by atoms with Crippen LogP contribution in [0, 0.1) is 27.7 Å². The average molecular weight is 653 g/mol. The van der Waals surface area contributed by atoms with E-state index in [9.17, 15) is 19.2 Å². The number of ether oxygens (including phenoxy) is 2. The van der Waals surface area contributed by atoms with E-state index in [1.807, 2.05) is 52.0 Å². The minimum absolute atomic E-state index is 0.175. The highest BCUT2D eigenvalue weighted by atomic mass is 79.9. The standard InChI is InChI=1S/C31H30BrN3O6S/c1-17-6-8-22(12-18(17)2)33-28(36)15-35-30(38)27(42-31(35)39)14-21-7-11-25(26(13-21)40-5)41-16-29(37)34-24-10-9-23(32)19(3)20(24)4/h6-14H,15-16H2,1-5H3,(H,33,36)(H,34,37)/b27-14+. The van der Waals surface area contributed by atoms with E-state index in [4.69, 9.17) is 9.47 Å². The molecular weight excluding hydrogens is 622 g/mol. The minimum atomic E-state index is -0.560. The molecule has 218 valence electrons. The van der Waals surface area contributed by atoms with E-state index in [0.29, 0.717) is 28.4 Å². The van der Waals surface area contributed by atoms with Crippen molar-refractivity contribution in [2.75, 3.05) is 30.9 Å². The van der Waals surface area contributed by atoms with Gasteiger partial charge in [0.2, 0.25) is 5.91 Å². The number of nitrogens with zero attached hydrogens (tertiary/aromatic N) is 1. The van der Waals surface area contributed by atoms with E-state index in [0.717, 1.165) is 43.4 Å². The zero-order chi connectivity index (χ0) is 30.6. The first kappa shape index (κ1) is 30.9. The van der Waals surface area contributed by atoms with E-state index >= 15 is 0 Å². The molecule has 42 heavy (non-hydrogen) atoms. The van der Waals surface area contributed by atoms with Gasteiger partial charge < -0.3 is 20.1 Å². The summed E-state index contributed by atoms with van der Waals surface area (Å²) >= 11 is 4.24. The molecule has 4 amide bonds. The second-order valence-corrected chi connectivity index (χ2v) is 11.6. The fraction of sp³-hybridized carbons (Fsp3) is 0.226. The third-order valence-corrected chi connectivity index (χ3v) is 8.57. The van der Waals surface area contributed by atoms with Crippen LogP contribution in [0.5, 0.6) is 11.5 Å². The maximum Gasteiger partial charge on any atom is 0.294 e. The number of carbonyl (C=O) groups is 4. The first-order chi connectivity index (χ1) is 20.0. The van der Waals surface area contributed by atoms with Crippen LogP contribution in [0.15, 0.2) is 57.9 Å². The topological polar surface area (TPSA) is 114 Å². The van der Waals surface area contributed by atoms with Gasteiger partial charge in [0.05, 0.1) is 12.0 Å². The lowest BCUT2D eigenvalue weighted by molar-refractivity contribution is -0.127. The Kier molecular flexibility index (Phi) is 9.74. The Morgan fingerprint density at radius 1 is 0.905 bits per heavy atom. The highest BCUT2D eigenvalue weighted by Crippen LogP contribution is 2.35. The maximum atomic E-state index is 13.0. The minimum Gasteiger partial charge on any atom is -0.493 e. The van der Waals surface area contributed by atoms with E-state index in [1.54, 1.807) is 30.3 Å². The van der Waals surface area contributed by atoms with Crippen molar-refractivity contribution in [2.24, 2.45) is 0 Å². The van der Waals surface area contributed by atoms with Crippen LogP contribution in [0.3, 0.4) is 0 Å². The van der Waals surface area contributed by atoms with Gasteiger partial charge in [-0.1, -0.05) is 28.1 Å². The molecule has 3 aromatic rings. The summed E-state index contributed by atoms with van der Waals surface area (Å²) in [5.41, 5.74) is 5.96. The molecule has 1 saturated heterocycles. The Balaban J connectivity index is 1.38. The number of aryl methyl sites for hydroxylation is 2. The van der Waals surface area contributed by atoms with Gasteiger partial charge >= 0.3 is 0 Å². The summed E-state index contributed by atoms with van der Waals surface area (Å²) in [6.45, 7) is 7.15. The fourth-order valence-corrected chi connectivity index (χ4v) is 5.36. The zero-order valence-corrected chi connectivity index (χ0v) is 26.2. The third kappa shape index (κ3) is 7.21. The van der Waals surface area contributed by atoms with Gasteiger partial charge in [-0.3, -0.25) is 24.1 Å². The molecule has 1 fully saturated rings. The van der Waals surface area contributed by atoms with Gasteiger partial charge in [0.1, 0.15) is 6.54 Å².